The molecule has 0 radical (unpaired) electrons. The zero-order valence-corrected chi connectivity index (χ0v) is 10.6. The van der Waals surface area contributed by atoms with E-state index >= 15 is 0 Å². The van der Waals surface area contributed by atoms with E-state index in [-0.39, 0.29) is 0 Å². The van der Waals surface area contributed by atoms with Crippen molar-refractivity contribution in [2.45, 2.75) is 71.1 Å². The van der Waals surface area contributed by atoms with Gasteiger partial charge in [0.25, 0.3) is 0 Å². The lowest BCUT2D eigenvalue weighted by Crippen LogP contribution is -2.16. The fraction of sp³-hybridized carbons (Fsp3) is 1.00. The second-order valence-corrected chi connectivity index (χ2v) is 5.26. The lowest BCUT2D eigenvalue weighted by Gasteiger charge is -2.12. The van der Waals surface area contributed by atoms with E-state index in [1.807, 2.05) is 0 Å². The molecule has 0 spiro atoms. The van der Waals surface area contributed by atoms with Crippen LogP contribution in [0.25, 0.3) is 0 Å². The highest BCUT2D eigenvalue weighted by Crippen LogP contribution is 2.17. The molecule has 0 aromatic rings. The maximum absolute atomic E-state index is 3.55. The molecular weight excluding hydrogens is 182 g/mol. The van der Waals surface area contributed by atoms with Crippen LogP contribution < -0.4 is 5.32 Å². The molecule has 0 aromatic carbocycles. The highest BCUT2D eigenvalue weighted by Gasteiger charge is 2.02. The van der Waals surface area contributed by atoms with Crippen molar-refractivity contribution in [3.8, 4) is 0 Å². The molecule has 1 aliphatic heterocycles. The molecule has 1 heterocycles. The van der Waals surface area contributed by atoms with Gasteiger partial charge in [-0.15, -0.1) is 0 Å². The Morgan fingerprint density at radius 3 is 1.80 bits per heavy atom. The molecule has 0 aromatic heterocycles. The van der Waals surface area contributed by atoms with E-state index in [2.05, 4.69) is 12.2 Å². The second kappa shape index (κ2) is 9.21. The van der Waals surface area contributed by atoms with Gasteiger partial charge in [0.15, 0.2) is 0 Å². The lowest BCUT2D eigenvalue weighted by atomic mass is 9.96. The molecule has 1 rings (SSSR count). The molecule has 1 heteroatoms. The van der Waals surface area contributed by atoms with Gasteiger partial charge in [-0.3, -0.25) is 0 Å². The third-order valence-corrected chi connectivity index (χ3v) is 3.60. The Balaban J connectivity index is 2.10. The highest BCUT2D eigenvalue weighted by atomic mass is 14.8. The minimum Gasteiger partial charge on any atom is -0.317 e. The van der Waals surface area contributed by atoms with Gasteiger partial charge >= 0.3 is 0 Å². The zero-order valence-electron chi connectivity index (χ0n) is 10.6. The molecule has 1 fully saturated rings. The van der Waals surface area contributed by atoms with Crippen LogP contribution in [0.2, 0.25) is 0 Å². The first kappa shape index (κ1) is 13.0. The minimum absolute atomic E-state index is 0.973. The van der Waals surface area contributed by atoms with Gasteiger partial charge in [-0.25, -0.2) is 0 Å². The van der Waals surface area contributed by atoms with Crippen LogP contribution in [-0.2, 0) is 0 Å². The summed E-state index contributed by atoms with van der Waals surface area (Å²) in [5, 5.41) is 3.55. The van der Waals surface area contributed by atoms with Crippen LogP contribution in [0.1, 0.15) is 71.1 Å². The van der Waals surface area contributed by atoms with Crippen LogP contribution in [0.5, 0.6) is 0 Å². The molecule has 0 aliphatic carbocycles. The van der Waals surface area contributed by atoms with Crippen molar-refractivity contribution in [1.82, 2.24) is 5.32 Å². The average Bonchev–Trinajstić information content (AvgIpc) is 2.24. The molecule has 1 nitrogen and oxygen atoms in total. The molecule has 1 N–H and O–H groups in total. The Bertz CT molecular complexity index is 119. The summed E-state index contributed by atoms with van der Waals surface area (Å²) in [6.45, 7) is 4.93. The molecule has 1 aliphatic rings. The number of rotatable bonds is 0. The first-order chi connectivity index (χ1) is 7.39. The van der Waals surface area contributed by atoms with Crippen LogP contribution >= 0.6 is 0 Å². The Hall–Kier alpha value is -0.0400. The van der Waals surface area contributed by atoms with E-state index in [1.54, 1.807) is 0 Å². The summed E-state index contributed by atoms with van der Waals surface area (Å²) < 4.78 is 0. The third kappa shape index (κ3) is 7.84. The van der Waals surface area contributed by atoms with Gasteiger partial charge in [0, 0.05) is 0 Å². The summed E-state index contributed by atoms with van der Waals surface area (Å²) in [7, 11) is 0. The molecule has 90 valence electrons. The second-order valence-electron chi connectivity index (χ2n) is 5.26. The van der Waals surface area contributed by atoms with Crippen molar-refractivity contribution in [1.29, 1.82) is 0 Å². The molecule has 15 heavy (non-hydrogen) atoms. The first-order valence-electron chi connectivity index (χ1n) is 7.10. The Morgan fingerprint density at radius 1 is 0.667 bits per heavy atom. The fourth-order valence-electron chi connectivity index (χ4n) is 2.46. The van der Waals surface area contributed by atoms with Gasteiger partial charge in [-0.1, -0.05) is 58.3 Å². The Labute approximate surface area is 96.0 Å². The molecule has 1 unspecified atom stereocenters. The van der Waals surface area contributed by atoms with Gasteiger partial charge in [0.1, 0.15) is 0 Å². The maximum atomic E-state index is 3.55. The largest absolute Gasteiger partial charge is 0.317 e. The van der Waals surface area contributed by atoms with Crippen LogP contribution in [0, 0.1) is 5.92 Å². The average molecular weight is 211 g/mol. The Kier molecular flexibility index (Phi) is 7.99. The van der Waals surface area contributed by atoms with E-state index in [0.29, 0.717) is 0 Å². The van der Waals surface area contributed by atoms with Gasteiger partial charge in [-0.2, -0.15) is 0 Å². The Morgan fingerprint density at radius 2 is 1.13 bits per heavy atom. The summed E-state index contributed by atoms with van der Waals surface area (Å²) in [4.78, 5) is 0. The SMILES string of the molecule is CC1CCCCCCCNCCCCC1. The van der Waals surface area contributed by atoms with Gasteiger partial charge < -0.3 is 5.32 Å². The van der Waals surface area contributed by atoms with E-state index in [9.17, 15) is 0 Å². The van der Waals surface area contributed by atoms with Crippen molar-refractivity contribution in [2.24, 2.45) is 5.92 Å². The van der Waals surface area contributed by atoms with Crippen LogP contribution in [-0.4, -0.2) is 13.1 Å². The van der Waals surface area contributed by atoms with Crippen LogP contribution in [0.3, 0.4) is 0 Å². The van der Waals surface area contributed by atoms with E-state index in [4.69, 9.17) is 0 Å². The predicted octanol–water partition coefficient (Wildman–Crippen LogP) is 4.13. The number of nitrogens with one attached hydrogen (secondary N) is 1. The number of hydrogen-bond acceptors (Lipinski definition) is 1. The lowest BCUT2D eigenvalue weighted by molar-refractivity contribution is 0.426. The van der Waals surface area contributed by atoms with Crippen LogP contribution in [0.4, 0.5) is 0 Å². The van der Waals surface area contributed by atoms with Crippen molar-refractivity contribution in [3.05, 3.63) is 0 Å². The fourth-order valence-corrected chi connectivity index (χ4v) is 2.46. The quantitative estimate of drug-likeness (QED) is 0.635. The monoisotopic (exact) mass is 211 g/mol. The molecular formula is C14H29N. The third-order valence-electron chi connectivity index (χ3n) is 3.60. The summed E-state index contributed by atoms with van der Waals surface area (Å²) in [6, 6.07) is 0. The van der Waals surface area contributed by atoms with Crippen molar-refractivity contribution in [2.75, 3.05) is 13.1 Å². The van der Waals surface area contributed by atoms with Gasteiger partial charge in [-0.05, 0) is 31.8 Å². The topological polar surface area (TPSA) is 12.0 Å². The molecule has 1 atom stereocenters. The summed E-state index contributed by atoms with van der Waals surface area (Å²) in [5.41, 5.74) is 0. The predicted molar refractivity (Wildman–Crippen MR) is 68.2 cm³/mol. The molecule has 1 saturated heterocycles. The first-order valence-corrected chi connectivity index (χ1v) is 7.10. The highest BCUT2D eigenvalue weighted by molar-refractivity contribution is 4.57. The molecule has 0 amide bonds. The minimum atomic E-state index is 0.973. The van der Waals surface area contributed by atoms with Gasteiger partial charge in [0.05, 0.1) is 0 Å². The van der Waals surface area contributed by atoms with E-state index in [0.717, 1.165) is 5.92 Å². The summed E-state index contributed by atoms with van der Waals surface area (Å²) >= 11 is 0. The smallest absolute Gasteiger partial charge is 0.00489 e. The number of hydrogen-bond donors (Lipinski definition) is 1. The maximum Gasteiger partial charge on any atom is -0.00489 e. The summed E-state index contributed by atoms with van der Waals surface area (Å²) in [5.74, 6) is 0.973. The van der Waals surface area contributed by atoms with Gasteiger partial charge in [0.2, 0.25) is 0 Å². The van der Waals surface area contributed by atoms with Crippen molar-refractivity contribution in [3.63, 3.8) is 0 Å². The summed E-state index contributed by atoms with van der Waals surface area (Å²) in [6.07, 6.45) is 14.4. The van der Waals surface area contributed by atoms with Crippen molar-refractivity contribution >= 4 is 0 Å². The van der Waals surface area contributed by atoms with E-state index in [1.165, 1.54) is 77.3 Å². The molecule has 0 bridgehead atoms. The van der Waals surface area contributed by atoms with Crippen LogP contribution in [0.15, 0.2) is 0 Å². The standard InChI is InChI=1S/C14H29N/c1-14-10-6-3-2-4-8-12-15-13-9-5-7-11-14/h14-15H,2-13H2,1H3. The zero-order chi connectivity index (χ0) is 10.8. The van der Waals surface area contributed by atoms with E-state index < -0.39 is 0 Å². The normalized spacial score (nSPS) is 28.2. The van der Waals surface area contributed by atoms with Crippen molar-refractivity contribution < 1.29 is 0 Å². The molecule has 0 saturated carbocycles.